The third-order valence-electron chi connectivity index (χ3n) is 2.34. The molecule has 0 aliphatic carbocycles. The lowest BCUT2D eigenvalue weighted by Crippen LogP contribution is -2.12. The smallest absolute Gasteiger partial charge is 0.271 e. The Kier molecular flexibility index (Phi) is 3.65. The standard InChI is InChI=1S/C11H12N2O3S2/c1-8-5-12-3-2-10(8)13-18(15,16)11-4-9(6-14)7-17-11/h2-5,7,14H,6H2,1H3,(H,12,13). The van der Waals surface area contributed by atoms with Crippen molar-refractivity contribution < 1.29 is 13.5 Å². The summed E-state index contributed by atoms with van der Waals surface area (Å²) in [6.07, 6.45) is 3.11. The summed E-state index contributed by atoms with van der Waals surface area (Å²) in [7, 11) is -3.60. The van der Waals surface area contributed by atoms with Gasteiger partial charge in [0.25, 0.3) is 10.0 Å². The molecular formula is C11H12N2O3S2. The van der Waals surface area contributed by atoms with Gasteiger partial charge in [-0.25, -0.2) is 8.42 Å². The van der Waals surface area contributed by atoms with E-state index in [-0.39, 0.29) is 10.8 Å². The van der Waals surface area contributed by atoms with E-state index < -0.39 is 10.0 Å². The van der Waals surface area contributed by atoms with E-state index in [2.05, 4.69) is 9.71 Å². The molecule has 0 aromatic carbocycles. The first-order valence-electron chi connectivity index (χ1n) is 5.14. The second-order valence-electron chi connectivity index (χ2n) is 3.73. The average Bonchev–Trinajstić information content (AvgIpc) is 2.81. The molecule has 0 spiro atoms. The number of nitrogens with one attached hydrogen (secondary N) is 1. The van der Waals surface area contributed by atoms with Gasteiger partial charge < -0.3 is 5.11 Å². The van der Waals surface area contributed by atoms with Gasteiger partial charge >= 0.3 is 0 Å². The topological polar surface area (TPSA) is 79.3 Å². The molecule has 0 aliphatic heterocycles. The van der Waals surface area contributed by atoms with E-state index in [9.17, 15) is 8.42 Å². The summed E-state index contributed by atoms with van der Waals surface area (Å²) >= 11 is 1.08. The highest BCUT2D eigenvalue weighted by molar-refractivity contribution is 7.94. The number of thiophene rings is 1. The molecule has 0 fully saturated rings. The molecule has 7 heteroatoms. The van der Waals surface area contributed by atoms with Crippen LogP contribution < -0.4 is 4.72 Å². The number of hydrogen-bond donors (Lipinski definition) is 2. The fourth-order valence-corrected chi connectivity index (χ4v) is 3.69. The van der Waals surface area contributed by atoms with E-state index in [1.165, 1.54) is 12.3 Å². The molecule has 2 N–H and O–H groups in total. The fraction of sp³-hybridized carbons (Fsp3) is 0.182. The van der Waals surface area contributed by atoms with Crippen LogP contribution in [0.4, 0.5) is 5.69 Å². The summed E-state index contributed by atoms with van der Waals surface area (Å²) in [5, 5.41) is 10.6. The van der Waals surface area contributed by atoms with Crippen LogP contribution in [0.15, 0.2) is 34.1 Å². The lowest BCUT2D eigenvalue weighted by molar-refractivity contribution is 0.282. The molecule has 0 aliphatic rings. The normalized spacial score (nSPS) is 11.4. The molecule has 2 rings (SSSR count). The minimum atomic E-state index is -3.60. The van der Waals surface area contributed by atoms with Crippen molar-refractivity contribution in [2.24, 2.45) is 0 Å². The molecule has 0 atom stereocenters. The van der Waals surface area contributed by atoms with E-state index >= 15 is 0 Å². The third kappa shape index (κ3) is 2.69. The van der Waals surface area contributed by atoms with Crippen LogP contribution in [0.25, 0.3) is 0 Å². The van der Waals surface area contributed by atoms with Crippen LogP contribution in [0.3, 0.4) is 0 Å². The molecule has 0 amide bonds. The number of nitrogens with zero attached hydrogens (tertiary/aromatic N) is 1. The Labute approximate surface area is 109 Å². The molecule has 5 nitrogen and oxygen atoms in total. The van der Waals surface area contributed by atoms with Crippen LogP contribution >= 0.6 is 11.3 Å². The van der Waals surface area contributed by atoms with Gasteiger partial charge in [-0.05, 0) is 35.6 Å². The highest BCUT2D eigenvalue weighted by atomic mass is 32.2. The van der Waals surface area contributed by atoms with E-state index in [1.807, 2.05) is 0 Å². The first-order valence-corrected chi connectivity index (χ1v) is 7.51. The van der Waals surface area contributed by atoms with Crippen molar-refractivity contribution in [3.8, 4) is 0 Å². The Bertz CT molecular complexity index is 650. The molecule has 0 bridgehead atoms. The summed E-state index contributed by atoms with van der Waals surface area (Å²) in [6.45, 7) is 1.61. The molecule has 18 heavy (non-hydrogen) atoms. The maximum Gasteiger partial charge on any atom is 0.271 e. The number of rotatable bonds is 4. The second-order valence-corrected chi connectivity index (χ2v) is 6.55. The SMILES string of the molecule is Cc1cnccc1NS(=O)(=O)c1cc(CO)cs1. The van der Waals surface area contributed by atoms with Crippen molar-refractivity contribution >= 4 is 27.0 Å². The predicted molar refractivity (Wildman–Crippen MR) is 70.0 cm³/mol. The number of hydrogen-bond acceptors (Lipinski definition) is 5. The number of aryl methyl sites for hydroxylation is 1. The largest absolute Gasteiger partial charge is 0.392 e. The Morgan fingerprint density at radius 1 is 1.50 bits per heavy atom. The second kappa shape index (κ2) is 5.05. The molecule has 0 saturated heterocycles. The summed E-state index contributed by atoms with van der Waals surface area (Å²) in [5.41, 5.74) is 1.84. The van der Waals surface area contributed by atoms with Crippen molar-refractivity contribution in [2.45, 2.75) is 17.7 Å². The Morgan fingerprint density at radius 3 is 2.89 bits per heavy atom. The maximum atomic E-state index is 12.1. The fourth-order valence-electron chi connectivity index (χ4n) is 1.36. The Balaban J connectivity index is 2.30. The van der Waals surface area contributed by atoms with E-state index in [4.69, 9.17) is 5.11 Å². The number of anilines is 1. The van der Waals surface area contributed by atoms with Gasteiger partial charge in [0.15, 0.2) is 0 Å². The van der Waals surface area contributed by atoms with E-state index in [0.717, 1.165) is 16.9 Å². The zero-order valence-corrected chi connectivity index (χ0v) is 11.3. The highest BCUT2D eigenvalue weighted by Crippen LogP contribution is 2.24. The van der Waals surface area contributed by atoms with Gasteiger partial charge in [0, 0.05) is 12.4 Å². The van der Waals surface area contributed by atoms with Gasteiger partial charge in [-0.3, -0.25) is 9.71 Å². The van der Waals surface area contributed by atoms with Gasteiger partial charge in [-0.1, -0.05) is 0 Å². The molecule has 0 radical (unpaired) electrons. The molecule has 2 aromatic rings. The zero-order chi connectivity index (χ0) is 13.2. The molecule has 2 heterocycles. The number of aliphatic hydroxyl groups is 1. The van der Waals surface area contributed by atoms with Crippen molar-refractivity contribution in [2.75, 3.05) is 4.72 Å². The molecule has 0 unspecified atom stereocenters. The number of aliphatic hydroxyl groups excluding tert-OH is 1. The monoisotopic (exact) mass is 284 g/mol. The predicted octanol–water partition coefficient (Wildman–Crippen LogP) is 1.74. The van der Waals surface area contributed by atoms with E-state index in [1.54, 1.807) is 24.6 Å². The third-order valence-corrected chi connectivity index (χ3v) is 5.20. The van der Waals surface area contributed by atoms with Crippen LogP contribution in [0.1, 0.15) is 11.1 Å². The zero-order valence-electron chi connectivity index (χ0n) is 9.62. The minimum absolute atomic E-state index is 0.166. The van der Waals surface area contributed by atoms with Crippen LogP contribution in [-0.4, -0.2) is 18.5 Å². The number of sulfonamides is 1. The maximum absolute atomic E-state index is 12.1. The lowest BCUT2D eigenvalue weighted by atomic mass is 10.3. The number of aromatic nitrogens is 1. The summed E-state index contributed by atoms with van der Waals surface area (Å²) < 4.78 is 26.8. The average molecular weight is 284 g/mol. The lowest BCUT2D eigenvalue weighted by Gasteiger charge is -2.08. The molecule has 0 saturated carbocycles. The van der Waals surface area contributed by atoms with Gasteiger partial charge in [0.1, 0.15) is 4.21 Å². The van der Waals surface area contributed by atoms with Crippen molar-refractivity contribution in [3.05, 3.63) is 41.0 Å². The van der Waals surface area contributed by atoms with Crippen molar-refractivity contribution in [1.29, 1.82) is 0 Å². The van der Waals surface area contributed by atoms with Crippen LogP contribution in [0.2, 0.25) is 0 Å². The number of pyridine rings is 1. The van der Waals surface area contributed by atoms with Gasteiger partial charge in [-0.2, -0.15) is 0 Å². The molecule has 2 aromatic heterocycles. The van der Waals surface area contributed by atoms with Crippen molar-refractivity contribution in [1.82, 2.24) is 4.98 Å². The summed E-state index contributed by atoms with van der Waals surface area (Å²) in [5.74, 6) is 0. The Morgan fingerprint density at radius 2 is 2.28 bits per heavy atom. The van der Waals surface area contributed by atoms with Gasteiger partial charge in [0.2, 0.25) is 0 Å². The molecular weight excluding hydrogens is 272 g/mol. The van der Waals surface area contributed by atoms with Crippen LogP contribution in [-0.2, 0) is 16.6 Å². The van der Waals surface area contributed by atoms with E-state index in [0.29, 0.717) is 11.3 Å². The van der Waals surface area contributed by atoms with Gasteiger partial charge in [-0.15, -0.1) is 11.3 Å². The molecule has 96 valence electrons. The van der Waals surface area contributed by atoms with Gasteiger partial charge in [0.05, 0.1) is 12.3 Å². The van der Waals surface area contributed by atoms with Crippen molar-refractivity contribution in [3.63, 3.8) is 0 Å². The van der Waals surface area contributed by atoms with Crippen LogP contribution in [0, 0.1) is 6.92 Å². The van der Waals surface area contributed by atoms with Crippen LogP contribution in [0.5, 0.6) is 0 Å². The first kappa shape index (κ1) is 13.0. The quantitative estimate of drug-likeness (QED) is 0.896. The minimum Gasteiger partial charge on any atom is -0.392 e. The first-order chi connectivity index (χ1) is 8.53. The Hall–Kier alpha value is -1.44. The summed E-state index contributed by atoms with van der Waals surface area (Å²) in [4.78, 5) is 3.90. The summed E-state index contributed by atoms with van der Waals surface area (Å²) in [6, 6.07) is 3.07. The highest BCUT2D eigenvalue weighted by Gasteiger charge is 2.17.